The van der Waals surface area contributed by atoms with E-state index in [0.29, 0.717) is 18.3 Å². The first-order valence-corrected chi connectivity index (χ1v) is 8.12. The van der Waals surface area contributed by atoms with Gasteiger partial charge in [-0.1, -0.05) is 6.92 Å². The number of aliphatic imine (C=N–C) groups is 1. The van der Waals surface area contributed by atoms with Gasteiger partial charge in [0.05, 0.1) is 7.11 Å². The second-order valence-corrected chi connectivity index (χ2v) is 5.75. The van der Waals surface area contributed by atoms with Gasteiger partial charge in [-0.3, -0.25) is 4.99 Å². The van der Waals surface area contributed by atoms with Crippen molar-refractivity contribution in [3.05, 3.63) is 46.3 Å². The van der Waals surface area contributed by atoms with Crippen LogP contribution >= 0.6 is 35.3 Å². The first-order valence-electron chi connectivity index (χ1n) is 7.18. The molecule has 23 heavy (non-hydrogen) atoms. The van der Waals surface area contributed by atoms with Gasteiger partial charge in [-0.15, -0.1) is 24.0 Å². The fourth-order valence-electron chi connectivity index (χ4n) is 2.00. The van der Waals surface area contributed by atoms with Gasteiger partial charge in [0.15, 0.2) is 5.96 Å². The molecule has 0 radical (unpaired) electrons. The van der Waals surface area contributed by atoms with Gasteiger partial charge in [-0.2, -0.15) is 11.3 Å². The van der Waals surface area contributed by atoms with E-state index in [1.54, 1.807) is 31.7 Å². The van der Waals surface area contributed by atoms with Crippen LogP contribution in [0.1, 0.15) is 24.0 Å². The van der Waals surface area contributed by atoms with Crippen molar-refractivity contribution < 1.29 is 4.74 Å². The zero-order valence-electron chi connectivity index (χ0n) is 13.6. The Bertz CT molecular complexity index is 604. The lowest BCUT2D eigenvalue weighted by molar-refractivity contribution is 0.397. The molecule has 0 spiro atoms. The number of hydrogen-bond acceptors (Lipinski definition) is 4. The Morgan fingerprint density at radius 3 is 2.87 bits per heavy atom. The molecule has 0 bridgehead atoms. The predicted octanol–water partition coefficient (Wildman–Crippen LogP) is 3.24. The van der Waals surface area contributed by atoms with E-state index in [9.17, 15) is 0 Å². The molecule has 2 heterocycles. The van der Waals surface area contributed by atoms with Crippen LogP contribution in [0.5, 0.6) is 5.88 Å². The van der Waals surface area contributed by atoms with Crippen molar-refractivity contribution in [1.82, 2.24) is 15.6 Å². The van der Waals surface area contributed by atoms with Crippen molar-refractivity contribution in [2.24, 2.45) is 4.99 Å². The van der Waals surface area contributed by atoms with Crippen LogP contribution in [-0.2, 0) is 6.54 Å². The second kappa shape index (κ2) is 10.4. The minimum Gasteiger partial charge on any atom is -0.481 e. The van der Waals surface area contributed by atoms with Crippen molar-refractivity contribution >= 4 is 41.3 Å². The molecule has 2 N–H and O–H groups in total. The van der Waals surface area contributed by atoms with E-state index < -0.39 is 0 Å². The molecular formula is C16H23IN4OS. The predicted molar refractivity (Wildman–Crippen MR) is 107 cm³/mol. The average molecular weight is 446 g/mol. The molecule has 7 heteroatoms. The number of methoxy groups -OCH3 is 1. The summed E-state index contributed by atoms with van der Waals surface area (Å²) in [6, 6.07) is 6.03. The Hall–Kier alpha value is -1.35. The van der Waals surface area contributed by atoms with E-state index in [4.69, 9.17) is 4.74 Å². The lowest BCUT2D eigenvalue weighted by Gasteiger charge is -2.15. The van der Waals surface area contributed by atoms with Crippen molar-refractivity contribution in [2.75, 3.05) is 20.7 Å². The molecule has 1 unspecified atom stereocenters. The Morgan fingerprint density at radius 1 is 1.39 bits per heavy atom. The monoisotopic (exact) mass is 446 g/mol. The van der Waals surface area contributed by atoms with Crippen LogP contribution in [0.3, 0.4) is 0 Å². The van der Waals surface area contributed by atoms with E-state index >= 15 is 0 Å². The van der Waals surface area contributed by atoms with Crippen LogP contribution in [0.4, 0.5) is 0 Å². The van der Waals surface area contributed by atoms with Crippen LogP contribution in [0.25, 0.3) is 0 Å². The van der Waals surface area contributed by atoms with Gasteiger partial charge in [0.25, 0.3) is 0 Å². The van der Waals surface area contributed by atoms with Gasteiger partial charge in [-0.25, -0.2) is 4.98 Å². The Morgan fingerprint density at radius 2 is 2.22 bits per heavy atom. The summed E-state index contributed by atoms with van der Waals surface area (Å²) < 4.78 is 5.12. The molecule has 0 saturated carbocycles. The smallest absolute Gasteiger partial charge is 0.213 e. The molecule has 2 rings (SSSR count). The lowest BCUT2D eigenvalue weighted by Crippen LogP contribution is -2.38. The highest BCUT2D eigenvalue weighted by atomic mass is 127. The number of rotatable bonds is 6. The quantitative estimate of drug-likeness (QED) is 0.407. The van der Waals surface area contributed by atoms with Crippen molar-refractivity contribution in [3.8, 4) is 5.88 Å². The first-order chi connectivity index (χ1) is 10.7. The molecule has 1 atom stereocenters. The van der Waals surface area contributed by atoms with Gasteiger partial charge < -0.3 is 15.4 Å². The minimum atomic E-state index is 0. The highest BCUT2D eigenvalue weighted by Gasteiger charge is 2.07. The standard InChI is InChI=1S/C16H22N4OS.HI/c1-12(14-5-7-22-11-14)9-19-16(17-2)20-10-13-4-6-18-15(8-13)21-3;/h4-8,11-12H,9-10H2,1-3H3,(H2,17,19,20);1H. The Kier molecular flexibility index (Phi) is 8.93. The van der Waals surface area contributed by atoms with E-state index in [-0.39, 0.29) is 24.0 Å². The topological polar surface area (TPSA) is 58.5 Å². The fourth-order valence-corrected chi connectivity index (χ4v) is 2.78. The number of ether oxygens (including phenoxy) is 1. The van der Waals surface area contributed by atoms with Gasteiger partial charge in [0.2, 0.25) is 5.88 Å². The number of thiophene rings is 1. The maximum atomic E-state index is 5.12. The molecule has 0 aliphatic heterocycles. The third kappa shape index (κ3) is 6.34. The van der Waals surface area contributed by atoms with E-state index in [0.717, 1.165) is 18.1 Å². The van der Waals surface area contributed by atoms with Crippen LogP contribution in [0, 0.1) is 0 Å². The minimum absolute atomic E-state index is 0. The first kappa shape index (κ1) is 19.7. The van der Waals surface area contributed by atoms with Crippen LogP contribution in [0.15, 0.2) is 40.1 Å². The Balaban J connectivity index is 0.00000264. The summed E-state index contributed by atoms with van der Waals surface area (Å²) in [4.78, 5) is 8.35. The highest BCUT2D eigenvalue weighted by molar-refractivity contribution is 14.0. The van der Waals surface area contributed by atoms with E-state index in [1.165, 1.54) is 5.56 Å². The maximum Gasteiger partial charge on any atom is 0.213 e. The number of guanidine groups is 1. The number of aromatic nitrogens is 1. The largest absolute Gasteiger partial charge is 0.481 e. The summed E-state index contributed by atoms with van der Waals surface area (Å²) >= 11 is 1.73. The van der Waals surface area contributed by atoms with Crippen LogP contribution in [-0.4, -0.2) is 31.6 Å². The molecule has 2 aromatic rings. The molecule has 2 aromatic heterocycles. The summed E-state index contributed by atoms with van der Waals surface area (Å²) in [5, 5.41) is 10.9. The Labute approximate surface area is 158 Å². The SMILES string of the molecule is CN=C(NCc1ccnc(OC)c1)NCC(C)c1ccsc1.I. The molecule has 5 nitrogen and oxygen atoms in total. The molecule has 0 aromatic carbocycles. The fraction of sp³-hybridized carbons (Fsp3) is 0.375. The van der Waals surface area contributed by atoms with E-state index in [2.05, 4.69) is 44.4 Å². The van der Waals surface area contributed by atoms with E-state index in [1.807, 2.05) is 12.1 Å². The highest BCUT2D eigenvalue weighted by Crippen LogP contribution is 2.17. The van der Waals surface area contributed by atoms with Crippen LogP contribution < -0.4 is 15.4 Å². The van der Waals surface area contributed by atoms with Gasteiger partial charge >= 0.3 is 0 Å². The lowest BCUT2D eigenvalue weighted by atomic mass is 10.1. The van der Waals surface area contributed by atoms with Gasteiger partial charge in [0, 0.05) is 32.4 Å². The zero-order valence-corrected chi connectivity index (χ0v) is 16.7. The molecule has 0 saturated heterocycles. The molecular weight excluding hydrogens is 423 g/mol. The number of halogens is 1. The zero-order chi connectivity index (χ0) is 15.8. The number of nitrogens with zero attached hydrogens (tertiary/aromatic N) is 2. The summed E-state index contributed by atoms with van der Waals surface area (Å²) in [5.41, 5.74) is 2.45. The third-order valence-electron chi connectivity index (χ3n) is 3.38. The van der Waals surface area contributed by atoms with Crippen molar-refractivity contribution in [1.29, 1.82) is 0 Å². The molecule has 0 aliphatic carbocycles. The molecule has 0 fully saturated rings. The summed E-state index contributed by atoms with van der Waals surface area (Å²) in [7, 11) is 3.39. The number of hydrogen-bond donors (Lipinski definition) is 2. The van der Waals surface area contributed by atoms with Crippen LogP contribution in [0.2, 0.25) is 0 Å². The van der Waals surface area contributed by atoms with Gasteiger partial charge in [-0.05, 0) is 39.9 Å². The van der Waals surface area contributed by atoms with Crippen molar-refractivity contribution in [3.63, 3.8) is 0 Å². The number of nitrogens with one attached hydrogen (secondary N) is 2. The average Bonchev–Trinajstić information content (AvgIpc) is 3.09. The summed E-state index contributed by atoms with van der Waals surface area (Å²) in [6.45, 7) is 3.72. The molecule has 126 valence electrons. The maximum absolute atomic E-state index is 5.12. The molecule has 0 amide bonds. The summed E-state index contributed by atoms with van der Waals surface area (Å²) in [6.07, 6.45) is 1.74. The number of pyridine rings is 1. The normalized spacial score (nSPS) is 12.2. The van der Waals surface area contributed by atoms with Crippen molar-refractivity contribution in [2.45, 2.75) is 19.4 Å². The van der Waals surface area contributed by atoms with Gasteiger partial charge in [0.1, 0.15) is 0 Å². The summed E-state index contributed by atoms with van der Waals surface area (Å²) in [5.74, 6) is 1.86. The third-order valence-corrected chi connectivity index (χ3v) is 4.08. The second-order valence-electron chi connectivity index (χ2n) is 4.97. The molecule has 0 aliphatic rings.